The summed E-state index contributed by atoms with van der Waals surface area (Å²) in [5.74, 6) is -0.0989. The van der Waals surface area contributed by atoms with Gasteiger partial charge in [-0.15, -0.1) is 0 Å². The van der Waals surface area contributed by atoms with Gasteiger partial charge in [-0.05, 0) is 30.4 Å². The highest BCUT2D eigenvalue weighted by Crippen LogP contribution is 2.30. The molecule has 1 aromatic carbocycles. The second-order valence-electron chi connectivity index (χ2n) is 5.69. The predicted molar refractivity (Wildman–Crippen MR) is 81.0 cm³/mol. The molecule has 0 radical (unpaired) electrons. The molecule has 2 rings (SSSR count). The molecule has 0 amide bonds. The van der Waals surface area contributed by atoms with E-state index in [4.69, 9.17) is 17.3 Å². The van der Waals surface area contributed by atoms with Crippen molar-refractivity contribution in [1.29, 1.82) is 0 Å². The average Bonchev–Trinajstić information content (AvgIpc) is 2.43. The van der Waals surface area contributed by atoms with Crippen LogP contribution in [0.1, 0.15) is 25.8 Å². The molecule has 1 aliphatic rings. The highest BCUT2D eigenvalue weighted by Gasteiger charge is 2.34. The van der Waals surface area contributed by atoms with Crippen molar-refractivity contribution >= 4 is 21.6 Å². The lowest BCUT2D eigenvalue weighted by Crippen LogP contribution is -2.42. The van der Waals surface area contributed by atoms with Crippen LogP contribution in [0.2, 0.25) is 5.02 Å². The Bertz CT molecular complexity index is 636. The average molecular weight is 335 g/mol. The van der Waals surface area contributed by atoms with Gasteiger partial charge in [-0.3, -0.25) is 0 Å². The van der Waals surface area contributed by atoms with Crippen molar-refractivity contribution in [2.75, 3.05) is 13.1 Å². The first-order chi connectivity index (χ1) is 9.77. The molecule has 2 N–H and O–H groups in total. The molecular weight excluding hydrogens is 315 g/mol. The van der Waals surface area contributed by atoms with Crippen molar-refractivity contribution in [2.24, 2.45) is 17.6 Å². The highest BCUT2D eigenvalue weighted by molar-refractivity contribution is 7.89. The van der Waals surface area contributed by atoms with E-state index in [0.29, 0.717) is 19.0 Å². The fourth-order valence-corrected chi connectivity index (χ4v) is 4.53. The van der Waals surface area contributed by atoms with Crippen LogP contribution in [0.15, 0.2) is 17.0 Å². The van der Waals surface area contributed by atoms with Crippen LogP contribution in [-0.4, -0.2) is 25.8 Å². The molecule has 0 spiro atoms. The lowest BCUT2D eigenvalue weighted by molar-refractivity contribution is 0.212. The maximum Gasteiger partial charge on any atom is 0.246 e. The van der Waals surface area contributed by atoms with Gasteiger partial charge < -0.3 is 5.73 Å². The lowest BCUT2D eigenvalue weighted by atomic mass is 9.90. The van der Waals surface area contributed by atoms with E-state index in [2.05, 4.69) is 6.92 Å². The molecule has 1 heterocycles. The molecule has 0 saturated carbocycles. The van der Waals surface area contributed by atoms with Crippen LogP contribution in [0, 0.1) is 17.7 Å². The van der Waals surface area contributed by atoms with Crippen molar-refractivity contribution in [1.82, 2.24) is 4.31 Å². The van der Waals surface area contributed by atoms with Crippen LogP contribution in [0.25, 0.3) is 0 Å². The Morgan fingerprint density at radius 1 is 1.38 bits per heavy atom. The molecule has 0 aromatic heterocycles. The minimum absolute atomic E-state index is 0.0949. The number of hydrogen-bond acceptors (Lipinski definition) is 3. The second-order valence-corrected chi connectivity index (χ2v) is 8.03. The van der Waals surface area contributed by atoms with Gasteiger partial charge in [-0.1, -0.05) is 25.4 Å². The molecule has 21 heavy (non-hydrogen) atoms. The van der Waals surface area contributed by atoms with E-state index in [0.717, 1.165) is 12.5 Å². The zero-order chi connectivity index (χ0) is 15.8. The summed E-state index contributed by atoms with van der Waals surface area (Å²) in [7, 11) is -3.89. The lowest BCUT2D eigenvalue weighted by Gasteiger charge is -2.34. The molecular formula is C14H20ClFN2O2S. The maximum absolute atomic E-state index is 14.3. The van der Waals surface area contributed by atoms with Gasteiger partial charge in [-0.2, -0.15) is 4.31 Å². The van der Waals surface area contributed by atoms with E-state index >= 15 is 0 Å². The van der Waals surface area contributed by atoms with E-state index < -0.39 is 15.8 Å². The minimum Gasteiger partial charge on any atom is -0.326 e. The Morgan fingerprint density at radius 2 is 2.05 bits per heavy atom. The van der Waals surface area contributed by atoms with Crippen molar-refractivity contribution in [3.8, 4) is 0 Å². The van der Waals surface area contributed by atoms with Gasteiger partial charge in [-0.25, -0.2) is 12.8 Å². The second kappa shape index (κ2) is 6.20. The van der Waals surface area contributed by atoms with E-state index in [1.54, 1.807) is 0 Å². The molecule has 0 aliphatic carbocycles. The summed E-state index contributed by atoms with van der Waals surface area (Å²) in [4.78, 5) is -0.378. The first-order valence-electron chi connectivity index (χ1n) is 6.95. The monoisotopic (exact) mass is 334 g/mol. The zero-order valence-corrected chi connectivity index (χ0v) is 13.7. The Morgan fingerprint density at radius 3 is 2.62 bits per heavy atom. The van der Waals surface area contributed by atoms with Gasteiger partial charge in [0.15, 0.2) is 0 Å². The van der Waals surface area contributed by atoms with Crippen LogP contribution in [0.4, 0.5) is 4.39 Å². The maximum atomic E-state index is 14.3. The molecule has 0 bridgehead atoms. The summed E-state index contributed by atoms with van der Waals surface area (Å²) in [5, 5.41) is 0.175. The number of hydrogen-bond donors (Lipinski definition) is 1. The number of piperidine rings is 1. The van der Waals surface area contributed by atoms with Crippen LogP contribution in [-0.2, 0) is 16.6 Å². The van der Waals surface area contributed by atoms with Crippen molar-refractivity contribution < 1.29 is 12.8 Å². The normalized spacial score (nSPS) is 24.2. The summed E-state index contributed by atoms with van der Waals surface area (Å²) in [6.07, 6.45) is 0.770. The smallest absolute Gasteiger partial charge is 0.246 e. The zero-order valence-electron chi connectivity index (χ0n) is 12.1. The van der Waals surface area contributed by atoms with Crippen LogP contribution >= 0.6 is 11.6 Å². The topological polar surface area (TPSA) is 63.4 Å². The summed E-state index contributed by atoms with van der Waals surface area (Å²) in [6, 6.07) is 2.52. The van der Waals surface area contributed by atoms with Gasteiger partial charge in [0, 0.05) is 30.2 Å². The Kier molecular flexibility index (Phi) is 4.92. The number of rotatable bonds is 3. The van der Waals surface area contributed by atoms with Crippen molar-refractivity contribution in [3.63, 3.8) is 0 Å². The molecule has 7 heteroatoms. The third-order valence-corrected chi connectivity index (χ3v) is 6.30. The summed E-state index contributed by atoms with van der Waals surface area (Å²) in [5.41, 5.74) is 5.55. The Hall–Kier alpha value is -0.690. The van der Waals surface area contributed by atoms with Gasteiger partial charge >= 0.3 is 0 Å². The van der Waals surface area contributed by atoms with Crippen LogP contribution in [0.5, 0.6) is 0 Å². The highest BCUT2D eigenvalue weighted by atomic mass is 35.5. The molecule has 2 unspecified atom stereocenters. The first kappa shape index (κ1) is 16.7. The quantitative estimate of drug-likeness (QED) is 0.924. The molecule has 4 nitrogen and oxygen atoms in total. The van der Waals surface area contributed by atoms with E-state index in [9.17, 15) is 12.8 Å². The predicted octanol–water partition coefficient (Wildman–Crippen LogP) is 2.60. The van der Waals surface area contributed by atoms with Gasteiger partial charge in [0.1, 0.15) is 10.7 Å². The Balaban J connectivity index is 2.43. The van der Waals surface area contributed by atoms with E-state index in [1.165, 1.54) is 10.4 Å². The number of benzene rings is 1. The third-order valence-electron chi connectivity index (χ3n) is 4.21. The SMILES string of the molecule is CC1CCN(S(=O)(=O)c2cc(Cl)cc(CN)c2F)CC1C. The van der Waals surface area contributed by atoms with Crippen molar-refractivity contribution in [3.05, 3.63) is 28.5 Å². The summed E-state index contributed by atoms with van der Waals surface area (Å²) >= 11 is 5.89. The van der Waals surface area contributed by atoms with E-state index in [-0.39, 0.29) is 27.9 Å². The van der Waals surface area contributed by atoms with E-state index in [1.807, 2.05) is 6.92 Å². The number of halogens is 2. The Labute approximate surface area is 130 Å². The largest absolute Gasteiger partial charge is 0.326 e. The standard InChI is InChI=1S/C14H20ClFN2O2S/c1-9-3-4-18(8-10(9)2)21(19,20)13-6-12(15)5-11(7-17)14(13)16/h5-6,9-10H,3-4,7-8,17H2,1-2H3. The van der Waals surface area contributed by atoms with Crippen LogP contribution < -0.4 is 5.73 Å². The molecule has 2 atom stereocenters. The molecule has 1 aromatic rings. The first-order valence-corrected chi connectivity index (χ1v) is 8.77. The van der Waals surface area contributed by atoms with Gasteiger partial charge in [0.2, 0.25) is 10.0 Å². The van der Waals surface area contributed by atoms with Gasteiger partial charge in [0.05, 0.1) is 0 Å². The number of sulfonamides is 1. The van der Waals surface area contributed by atoms with Crippen LogP contribution in [0.3, 0.4) is 0 Å². The molecule has 1 aliphatic heterocycles. The minimum atomic E-state index is -3.89. The van der Waals surface area contributed by atoms with Crippen molar-refractivity contribution in [2.45, 2.75) is 31.7 Å². The molecule has 1 saturated heterocycles. The number of nitrogens with two attached hydrogens (primary N) is 1. The molecule has 1 fully saturated rings. The fourth-order valence-electron chi connectivity index (χ4n) is 2.54. The molecule has 118 valence electrons. The summed E-state index contributed by atoms with van der Waals surface area (Å²) < 4.78 is 41.0. The number of nitrogens with zero attached hydrogens (tertiary/aromatic N) is 1. The third kappa shape index (κ3) is 3.23. The summed E-state index contributed by atoms with van der Waals surface area (Å²) in [6.45, 7) is 4.81. The fraction of sp³-hybridized carbons (Fsp3) is 0.571. The van der Waals surface area contributed by atoms with Gasteiger partial charge in [0.25, 0.3) is 0 Å².